The number of anilines is 2. The van der Waals surface area contributed by atoms with Gasteiger partial charge in [0.05, 0.1) is 11.4 Å². The fourth-order valence-corrected chi connectivity index (χ4v) is 2.52. The summed E-state index contributed by atoms with van der Waals surface area (Å²) >= 11 is 0. The lowest BCUT2D eigenvalue weighted by Gasteiger charge is -2.40. The van der Waals surface area contributed by atoms with E-state index in [9.17, 15) is 8.78 Å². The van der Waals surface area contributed by atoms with Gasteiger partial charge in [0.25, 0.3) is 0 Å². The van der Waals surface area contributed by atoms with Crippen molar-refractivity contribution in [1.82, 2.24) is 4.90 Å². The first-order chi connectivity index (χ1) is 8.52. The fraction of sp³-hybridized carbons (Fsp3) is 0.538. The summed E-state index contributed by atoms with van der Waals surface area (Å²) in [6, 6.07) is 2.49. The van der Waals surface area contributed by atoms with Crippen molar-refractivity contribution in [3.8, 4) is 0 Å². The summed E-state index contributed by atoms with van der Waals surface area (Å²) in [5.74, 6) is -1.27. The Kier molecular flexibility index (Phi) is 3.71. The molecule has 1 unspecified atom stereocenters. The van der Waals surface area contributed by atoms with Crippen LogP contribution in [0.25, 0.3) is 0 Å². The largest absolute Gasteiger partial charge is 0.395 e. The predicted molar refractivity (Wildman–Crippen MR) is 69.7 cm³/mol. The van der Waals surface area contributed by atoms with E-state index in [0.717, 1.165) is 32.2 Å². The van der Waals surface area contributed by atoms with Crippen molar-refractivity contribution in [3.05, 3.63) is 23.8 Å². The molecule has 1 aliphatic heterocycles. The van der Waals surface area contributed by atoms with Crippen LogP contribution in [0.15, 0.2) is 12.1 Å². The molecule has 0 saturated carbocycles. The number of nitrogens with two attached hydrogens (primary N) is 1. The molecule has 1 saturated heterocycles. The monoisotopic (exact) mass is 255 g/mol. The van der Waals surface area contributed by atoms with E-state index in [0.29, 0.717) is 11.7 Å². The second-order valence-electron chi connectivity index (χ2n) is 4.74. The highest BCUT2D eigenvalue weighted by Crippen LogP contribution is 2.29. The molecule has 0 radical (unpaired) electrons. The van der Waals surface area contributed by atoms with Crippen LogP contribution in [0.3, 0.4) is 0 Å². The third-order valence-electron chi connectivity index (χ3n) is 3.58. The number of likely N-dealkylation sites (N-methyl/N-ethyl adjacent to an activating group) is 1. The summed E-state index contributed by atoms with van der Waals surface area (Å²) in [7, 11) is 0. The van der Waals surface area contributed by atoms with E-state index in [1.165, 1.54) is 6.07 Å². The molecular weight excluding hydrogens is 236 g/mol. The van der Waals surface area contributed by atoms with Crippen molar-refractivity contribution < 1.29 is 8.78 Å². The van der Waals surface area contributed by atoms with Crippen LogP contribution in [0.5, 0.6) is 0 Å². The van der Waals surface area contributed by atoms with Crippen molar-refractivity contribution in [2.45, 2.75) is 19.9 Å². The zero-order chi connectivity index (χ0) is 13.3. The van der Waals surface area contributed by atoms with Gasteiger partial charge < -0.3 is 10.6 Å². The first kappa shape index (κ1) is 13.1. The van der Waals surface area contributed by atoms with Gasteiger partial charge in [-0.1, -0.05) is 6.92 Å². The van der Waals surface area contributed by atoms with Crippen molar-refractivity contribution >= 4 is 11.4 Å². The average Bonchev–Trinajstić information content (AvgIpc) is 2.33. The number of hydrogen-bond donors (Lipinski definition) is 1. The Labute approximate surface area is 106 Å². The lowest BCUT2D eigenvalue weighted by Crippen LogP contribution is -2.51. The van der Waals surface area contributed by atoms with E-state index in [1.54, 1.807) is 0 Å². The number of halogens is 2. The standard InChI is InChI=1S/C13H19F2N3/c1-3-17-4-5-18(8-9(17)2)12-7-10(14)6-11(15)13(12)16/h6-7,9H,3-5,8,16H2,1-2H3. The molecule has 0 aliphatic carbocycles. The molecule has 2 N–H and O–H groups in total. The van der Waals surface area contributed by atoms with Crippen LogP contribution in [0.1, 0.15) is 13.8 Å². The summed E-state index contributed by atoms with van der Waals surface area (Å²) in [4.78, 5) is 4.29. The molecule has 0 aromatic heterocycles. The maximum absolute atomic E-state index is 13.4. The molecule has 1 aromatic carbocycles. The molecule has 1 aromatic rings. The normalized spacial score (nSPS) is 21.3. The Hall–Kier alpha value is -1.36. The van der Waals surface area contributed by atoms with Gasteiger partial charge in [0.15, 0.2) is 5.82 Å². The van der Waals surface area contributed by atoms with Gasteiger partial charge in [0.2, 0.25) is 0 Å². The summed E-state index contributed by atoms with van der Waals surface area (Å²) in [5.41, 5.74) is 6.20. The maximum atomic E-state index is 13.4. The van der Waals surface area contributed by atoms with E-state index >= 15 is 0 Å². The van der Waals surface area contributed by atoms with Crippen molar-refractivity contribution in [2.24, 2.45) is 0 Å². The molecule has 1 fully saturated rings. The second-order valence-corrected chi connectivity index (χ2v) is 4.74. The molecule has 3 nitrogen and oxygen atoms in total. The molecule has 100 valence electrons. The van der Waals surface area contributed by atoms with Gasteiger partial charge in [-0.15, -0.1) is 0 Å². The smallest absolute Gasteiger partial charge is 0.151 e. The zero-order valence-electron chi connectivity index (χ0n) is 10.8. The number of nitrogens with zero attached hydrogens (tertiary/aromatic N) is 2. The molecule has 18 heavy (non-hydrogen) atoms. The number of hydrogen-bond acceptors (Lipinski definition) is 3. The Balaban J connectivity index is 2.23. The molecule has 0 amide bonds. The van der Waals surface area contributed by atoms with Gasteiger partial charge in [0.1, 0.15) is 5.82 Å². The summed E-state index contributed by atoms with van der Waals surface area (Å²) in [5, 5.41) is 0. The molecule has 0 spiro atoms. The van der Waals surface area contributed by atoms with Crippen molar-refractivity contribution in [2.75, 3.05) is 36.8 Å². The Morgan fingerprint density at radius 1 is 1.33 bits per heavy atom. The predicted octanol–water partition coefficient (Wildman–Crippen LogP) is 2.08. The molecule has 1 heterocycles. The third kappa shape index (κ3) is 2.41. The van der Waals surface area contributed by atoms with Gasteiger partial charge in [-0.05, 0) is 19.5 Å². The molecular formula is C13H19F2N3. The molecule has 2 rings (SSSR count). The van der Waals surface area contributed by atoms with E-state index in [1.807, 2.05) is 4.90 Å². The van der Waals surface area contributed by atoms with Gasteiger partial charge >= 0.3 is 0 Å². The topological polar surface area (TPSA) is 32.5 Å². The van der Waals surface area contributed by atoms with Crippen LogP contribution >= 0.6 is 0 Å². The van der Waals surface area contributed by atoms with E-state index in [4.69, 9.17) is 5.73 Å². The number of rotatable bonds is 2. The Morgan fingerprint density at radius 3 is 2.67 bits per heavy atom. The van der Waals surface area contributed by atoms with Crippen LogP contribution in [0.4, 0.5) is 20.2 Å². The molecule has 0 bridgehead atoms. The van der Waals surface area contributed by atoms with Gasteiger partial charge in [-0.3, -0.25) is 4.90 Å². The first-order valence-corrected chi connectivity index (χ1v) is 6.26. The summed E-state index contributed by atoms with van der Waals surface area (Å²) in [6.45, 7) is 7.58. The average molecular weight is 255 g/mol. The third-order valence-corrected chi connectivity index (χ3v) is 3.58. The van der Waals surface area contributed by atoms with Gasteiger partial charge in [-0.2, -0.15) is 0 Å². The van der Waals surface area contributed by atoms with Gasteiger partial charge in [0, 0.05) is 31.7 Å². The van der Waals surface area contributed by atoms with Crippen LogP contribution in [-0.4, -0.2) is 37.1 Å². The lowest BCUT2D eigenvalue weighted by molar-refractivity contribution is 0.199. The summed E-state index contributed by atoms with van der Waals surface area (Å²) in [6.07, 6.45) is 0. The first-order valence-electron chi connectivity index (χ1n) is 6.26. The van der Waals surface area contributed by atoms with E-state index in [-0.39, 0.29) is 5.69 Å². The minimum absolute atomic E-state index is 0.0357. The van der Waals surface area contributed by atoms with Crippen LogP contribution in [0, 0.1) is 11.6 Å². The number of nitrogen functional groups attached to an aromatic ring is 1. The van der Waals surface area contributed by atoms with E-state index < -0.39 is 11.6 Å². The highest BCUT2D eigenvalue weighted by atomic mass is 19.1. The Morgan fingerprint density at radius 2 is 2.06 bits per heavy atom. The highest BCUT2D eigenvalue weighted by molar-refractivity contribution is 5.68. The zero-order valence-corrected chi connectivity index (χ0v) is 10.8. The fourth-order valence-electron chi connectivity index (χ4n) is 2.52. The highest BCUT2D eigenvalue weighted by Gasteiger charge is 2.24. The Bertz CT molecular complexity index is 436. The lowest BCUT2D eigenvalue weighted by atomic mass is 10.1. The van der Waals surface area contributed by atoms with Gasteiger partial charge in [-0.25, -0.2) is 8.78 Å². The van der Waals surface area contributed by atoms with Crippen LogP contribution in [0.2, 0.25) is 0 Å². The molecule has 5 heteroatoms. The number of benzene rings is 1. The minimum Gasteiger partial charge on any atom is -0.395 e. The quantitative estimate of drug-likeness (QED) is 0.821. The van der Waals surface area contributed by atoms with E-state index in [2.05, 4.69) is 18.7 Å². The maximum Gasteiger partial charge on any atom is 0.151 e. The van der Waals surface area contributed by atoms with Crippen molar-refractivity contribution in [1.29, 1.82) is 0 Å². The number of piperazine rings is 1. The second kappa shape index (κ2) is 5.10. The summed E-state index contributed by atoms with van der Waals surface area (Å²) < 4.78 is 26.7. The molecule has 1 atom stereocenters. The SMILES string of the molecule is CCN1CCN(c2cc(F)cc(F)c2N)CC1C. The molecule has 1 aliphatic rings. The van der Waals surface area contributed by atoms with Crippen molar-refractivity contribution in [3.63, 3.8) is 0 Å². The van der Waals surface area contributed by atoms with Crippen LogP contribution in [-0.2, 0) is 0 Å². The van der Waals surface area contributed by atoms with Crippen LogP contribution < -0.4 is 10.6 Å². The minimum atomic E-state index is -0.685.